The average molecular weight is 754 g/mol. The minimum atomic E-state index is 0.838. The number of rotatable bonds is 6. The van der Waals surface area contributed by atoms with E-state index in [9.17, 15) is 0 Å². The second kappa shape index (κ2) is 13.4. The summed E-state index contributed by atoms with van der Waals surface area (Å²) in [5, 5.41) is 9.43. The van der Waals surface area contributed by atoms with Crippen LogP contribution in [0, 0.1) is 0 Å². The maximum Gasteiger partial charge on any atom is 0.159 e. The second-order valence-electron chi connectivity index (χ2n) is 15.2. The number of anilines is 3. The molecule has 10 aromatic carbocycles. The van der Waals surface area contributed by atoms with E-state index >= 15 is 0 Å². The zero-order chi connectivity index (χ0) is 38.9. The van der Waals surface area contributed by atoms with Gasteiger partial charge in [-0.15, -0.1) is 0 Å². The molecule has 0 bridgehead atoms. The van der Waals surface area contributed by atoms with Gasteiger partial charge in [-0.05, 0) is 97.9 Å². The minimum Gasteiger partial charge on any atom is -0.456 e. The van der Waals surface area contributed by atoms with E-state index in [1.807, 2.05) is 12.1 Å². The van der Waals surface area contributed by atoms with Crippen molar-refractivity contribution >= 4 is 82.5 Å². The predicted octanol–water partition coefficient (Wildman–Crippen LogP) is 16.3. The van der Waals surface area contributed by atoms with Gasteiger partial charge in [0.2, 0.25) is 0 Å². The molecular formula is C56H35NO2. The van der Waals surface area contributed by atoms with Crippen molar-refractivity contribution in [2.75, 3.05) is 4.90 Å². The summed E-state index contributed by atoms with van der Waals surface area (Å²) in [6.07, 6.45) is 0. The van der Waals surface area contributed by atoms with Gasteiger partial charge in [-0.25, -0.2) is 0 Å². The molecule has 12 aromatic rings. The third-order valence-electron chi connectivity index (χ3n) is 11.9. The maximum atomic E-state index is 7.01. The highest BCUT2D eigenvalue weighted by molar-refractivity contribution is 6.15. The zero-order valence-electron chi connectivity index (χ0n) is 32.0. The highest BCUT2D eigenvalue weighted by atomic mass is 16.3. The number of hydrogen-bond acceptors (Lipinski definition) is 3. The Labute approximate surface area is 340 Å². The quantitative estimate of drug-likeness (QED) is 0.158. The number of nitrogens with zero attached hydrogens (tertiary/aromatic N) is 1. The van der Waals surface area contributed by atoms with Crippen LogP contribution in [0.2, 0.25) is 0 Å². The van der Waals surface area contributed by atoms with Crippen molar-refractivity contribution in [3.8, 4) is 33.4 Å². The van der Waals surface area contributed by atoms with Crippen molar-refractivity contribution in [1.29, 1.82) is 0 Å². The van der Waals surface area contributed by atoms with Crippen LogP contribution >= 0.6 is 0 Å². The summed E-state index contributed by atoms with van der Waals surface area (Å²) in [5.74, 6) is 0. The Hall–Kier alpha value is -7.88. The average Bonchev–Trinajstić information content (AvgIpc) is 3.89. The molecule has 3 nitrogen and oxygen atoms in total. The SMILES string of the molecule is c1ccc(-c2cccc3c2oc2c(N(c4ccc(-c5ccc6c(ccc7ccccc76)c5)cc4)c4cccc(-c5cccc6oc7ccccc7c56)c4)cccc23)cc1. The fraction of sp³-hybridized carbons (Fsp3) is 0. The number of para-hydroxylation sites is 3. The molecule has 0 radical (unpaired) electrons. The molecule has 0 unspecified atom stereocenters. The van der Waals surface area contributed by atoms with Gasteiger partial charge < -0.3 is 13.7 Å². The molecule has 2 aromatic heterocycles. The van der Waals surface area contributed by atoms with Crippen LogP contribution in [0.1, 0.15) is 0 Å². The molecule has 0 aliphatic carbocycles. The van der Waals surface area contributed by atoms with E-state index < -0.39 is 0 Å². The molecule has 0 saturated heterocycles. The third kappa shape index (κ3) is 5.44. The first kappa shape index (κ1) is 33.3. The fourth-order valence-corrected chi connectivity index (χ4v) is 9.08. The summed E-state index contributed by atoms with van der Waals surface area (Å²) in [6, 6.07) is 75.6. The number of benzene rings is 10. The molecule has 0 amide bonds. The molecular weight excluding hydrogens is 719 g/mol. The van der Waals surface area contributed by atoms with Crippen LogP contribution in [0.3, 0.4) is 0 Å². The first-order valence-corrected chi connectivity index (χ1v) is 20.1. The van der Waals surface area contributed by atoms with Crippen molar-refractivity contribution in [3.05, 3.63) is 212 Å². The minimum absolute atomic E-state index is 0.838. The van der Waals surface area contributed by atoms with Gasteiger partial charge in [0.1, 0.15) is 16.7 Å². The Morgan fingerprint density at radius 3 is 1.85 bits per heavy atom. The summed E-state index contributed by atoms with van der Waals surface area (Å²) in [4.78, 5) is 2.33. The smallest absolute Gasteiger partial charge is 0.159 e. The molecule has 0 fully saturated rings. The largest absolute Gasteiger partial charge is 0.456 e. The number of hydrogen-bond donors (Lipinski definition) is 0. The van der Waals surface area contributed by atoms with E-state index in [1.54, 1.807) is 0 Å². The van der Waals surface area contributed by atoms with Gasteiger partial charge >= 0.3 is 0 Å². The first-order valence-electron chi connectivity index (χ1n) is 20.1. The molecule has 0 spiro atoms. The van der Waals surface area contributed by atoms with Gasteiger partial charge in [-0.2, -0.15) is 0 Å². The molecule has 0 saturated carbocycles. The molecule has 3 heteroatoms. The lowest BCUT2D eigenvalue weighted by Gasteiger charge is -2.26. The molecule has 59 heavy (non-hydrogen) atoms. The van der Waals surface area contributed by atoms with E-state index in [0.29, 0.717) is 0 Å². The summed E-state index contributed by atoms with van der Waals surface area (Å²) < 4.78 is 13.3. The van der Waals surface area contributed by atoms with Crippen molar-refractivity contribution in [2.45, 2.75) is 0 Å². The lowest BCUT2D eigenvalue weighted by molar-refractivity contribution is 0.669. The predicted molar refractivity (Wildman–Crippen MR) is 247 cm³/mol. The van der Waals surface area contributed by atoms with Gasteiger partial charge in [0.05, 0.1) is 5.69 Å². The first-order chi connectivity index (χ1) is 29.2. The van der Waals surface area contributed by atoms with E-state index in [1.165, 1.54) is 27.1 Å². The Kier molecular flexibility index (Phi) is 7.54. The molecule has 276 valence electrons. The van der Waals surface area contributed by atoms with Crippen LogP contribution in [-0.4, -0.2) is 0 Å². The topological polar surface area (TPSA) is 29.5 Å². The van der Waals surface area contributed by atoms with Crippen LogP contribution in [0.4, 0.5) is 17.1 Å². The van der Waals surface area contributed by atoms with Crippen LogP contribution in [-0.2, 0) is 0 Å². The van der Waals surface area contributed by atoms with Crippen molar-refractivity contribution in [3.63, 3.8) is 0 Å². The van der Waals surface area contributed by atoms with E-state index in [2.05, 4.69) is 205 Å². The number of fused-ring (bicyclic) bond motifs is 9. The standard InChI is InChI=1S/C56H35NO2/c1-2-12-37(13-3-1)47-20-9-21-48-49-22-10-23-51(56(49)59-55(47)48)57(43-16-8-15-40(35-43)46-19-11-25-53-54(46)50-18-6-7-24-52(50)58-53)42-31-28-36(29-32-42)39-30-33-45-41(34-39)27-26-38-14-4-5-17-44(38)45/h1-35H. The van der Waals surface area contributed by atoms with Crippen molar-refractivity contribution < 1.29 is 8.83 Å². The van der Waals surface area contributed by atoms with Gasteiger partial charge in [0.15, 0.2) is 5.58 Å². The van der Waals surface area contributed by atoms with E-state index in [4.69, 9.17) is 8.83 Å². The number of furan rings is 2. The van der Waals surface area contributed by atoms with Crippen LogP contribution < -0.4 is 4.90 Å². The zero-order valence-corrected chi connectivity index (χ0v) is 32.0. The lowest BCUT2D eigenvalue weighted by Crippen LogP contribution is -2.10. The Bertz CT molecular complexity index is 3560. The molecule has 2 heterocycles. The van der Waals surface area contributed by atoms with Crippen LogP contribution in [0.15, 0.2) is 221 Å². The monoisotopic (exact) mass is 753 g/mol. The molecule has 0 atom stereocenters. The highest BCUT2D eigenvalue weighted by Gasteiger charge is 2.22. The molecule has 0 aliphatic rings. The van der Waals surface area contributed by atoms with Gasteiger partial charge in [-0.3, -0.25) is 0 Å². The lowest BCUT2D eigenvalue weighted by atomic mass is 9.97. The fourth-order valence-electron chi connectivity index (χ4n) is 9.08. The van der Waals surface area contributed by atoms with Crippen LogP contribution in [0.5, 0.6) is 0 Å². The summed E-state index contributed by atoms with van der Waals surface area (Å²) >= 11 is 0. The van der Waals surface area contributed by atoms with E-state index in [0.717, 1.165) is 88.8 Å². The van der Waals surface area contributed by atoms with Crippen LogP contribution in [0.25, 0.3) is 98.8 Å². The van der Waals surface area contributed by atoms with Crippen molar-refractivity contribution in [2.24, 2.45) is 0 Å². The molecule has 12 rings (SSSR count). The summed E-state index contributed by atoms with van der Waals surface area (Å²) in [6.45, 7) is 0. The molecule has 0 N–H and O–H groups in total. The van der Waals surface area contributed by atoms with Gasteiger partial charge in [0, 0.05) is 38.5 Å². The Morgan fingerprint density at radius 1 is 0.305 bits per heavy atom. The Morgan fingerprint density at radius 2 is 0.949 bits per heavy atom. The normalized spacial score (nSPS) is 11.7. The maximum absolute atomic E-state index is 7.01. The highest BCUT2D eigenvalue weighted by Crippen LogP contribution is 2.46. The summed E-state index contributed by atoms with van der Waals surface area (Å²) in [5.41, 5.74) is 13.3. The third-order valence-corrected chi connectivity index (χ3v) is 11.9. The Balaban J connectivity index is 1.04. The van der Waals surface area contributed by atoms with Crippen molar-refractivity contribution in [1.82, 2.24) is 0 Å². The van der Waals surface area contributed by atoms with Gasteiger partial charge in [0.25, 0.3) is 0 Å². The summed E-state index contributed by atoms with van der Waals surface area (Å²) in [7, 11) is 0. The van der Waals surface area contributed by atoms with Gasteiger partial charge in [-0.1, -0.05) is 164 Å². The molecule has 0 aliphatic heterocycles. The van der Waals surface area contributed by atoms with E-state index in [-0.39, 0.29) is 0 Å². The second-order valence-corrected chi connectivity index (χ2v) is 15.2.